The normalized spacial score (nSPS) is 24.8. The Balaban J connectivity index is 1.42. The minimum Gasteiger partial charge on any atom is -0.368 e. The van der Waals surface area contributed by atoms with E-state index in [1.807, 2.05) is 0 Å². The Labute approximate surface area is 252 Å². The van der Waals surface area contributed by atoms with Crippen molar-refractivity contribution in [3.8, 4) is 0 Å². The summed E-state index contributed by atoms with van der Waals surface area (Å²) in [4.78, 5) is 17.6. The van der Waals surface area contributed by atoms with Gasteiger partial charge in [-0.05, 0) is 107 Å². The van der Waals surface area contributed by atoms with E-state index in [-0.39, 0.29) is 41.6 Å². The molecular weight excluding hydrogens is 589 g/mol. The van der Waals surface area contributed by atoms with E-state index in [1.54, 1.807) is 23.1 Å². The van der Waals surface area contributed by atoms with Crippen LogP contribution >= 0.6 is 0 Å². The third kappa shape index (κ3) is 6.83. The highest BCUT2D eigenvalue weighted by atomic mass is 19.4. The molecular formula is C33H37F7N2O2. The first-order valence-corrected chi connectivity index (χ1v) is 14.9. The molecule has 0 N–H and O–H groups in total. The number of amides is 1. The number of hydrogen-bond donors (Lipinski definition) is 0. The number of rotatable bonds is 5. The summed E-state index contributed by atoms with van der Waals surface area (Å²) in [5.41, 5.74) is -1.34. The average molecular weight is 627 g/mol. The van der Waals surface area contributed by atoms with Gasteiger partial charge in [0.2, 0.25) is 5.91 Å². The molecule has 0 saturated carbocycles. The molecule has 2 fully saturated rings. The van der Waals surface area contributed by atoms with Crippen molar-refractivity contribution in [2.24, 2.45) is 5.92 Å². The van der Waals surface area contributed by atoms with Gasteiger partial charge in [0.15, 0.2) is 0 Å². The van der Waals surface area contributed by atoms with Crippen LogP contribution in [0, 0.1) is 11.7 Å². The molecule has 3 aliphatic heterocycles. The van der Waals surface area contributed by atoms with Crippen molar-refractivity contribution in [3.05, 3.63) is 82.2 Å². The van der Waals surface area contributed by atoms with Gasteiger partial charge in [-0.1, -0.05) is 17.7 Å². The first-order valence-electron chi connectivity index (χ1n) is 14.9. The third-order valence-corrected chi connectivity index (χ3v) is 9.31. The second-order valence-corrected chi connectivity index (χ2v) is 13.1. The smallest absolute Gasteiger partial charge is 0.368 e. The van der Waals surface area contributed by atoms with E-state index >= 15 is 0 Å². The van der Waals surface area contributed by atoms with Crippen molar-refractivity contribution in [1.29, 1.82) is 0 Å². The summed E-state index contributed by atoms with van der Waals surface area (Å²) in [6, 6.07) is 6.87. The zero-order chi connectivity index (χ0) is 32.2. The van der Waals surface area contributed by atoms with Gasteiger partial charge in [-0.2, -0.15) is 26.3 Å². The van der Waals surface area contributed by atoms with E-state index in [2.05, 4.69) is 25.7 Å². The molecule has 4 atom stereocenters. The number of carbonyl (C=O) groups is 1. The maximum Gasteiger partial charge on any atom is 0.416 e. The van der Waals surface area contributed by atoms with Gasteiger partial charge in [-0.15, -0.1) is 0 Å². The van der Waals surface area contributed by atoms with Gasteiger partial charge in [-0.25, -0.2) is 4.39 Å². The molecule has 2 aromatic rings. The second-order valence-electron chi connectivity index (χ2n) is 13.1. The SMILES string of the molecule is CC(O[C@H]1CN2C(=O)C=C(C3CCN(C(C)(C)C)CC3)C[C@H]2C1c1ccc(F)cc1)c1cc(C(F)(F)F)cc(C(F)(F)F)c1. The van der Waals surface area contributed by atoms with Gasteiger partial charge >= 0.3 is 12.4 Å². The number of ether oxygens (including phenoxy) is 1. The van der Waals surface area contributed by atoms with E-state index in [9.17, 15) is 35.5 Å². The van der Waals surface area contributed by atoms with Gasteiger partial charge in [-0.3, -0.25) is 9.69 Å². The Hall–Kier alpha value is -2.92. The summed E-state index contributed by atoms with van der Waals surface area (Å²) in [7, 11) is 0. The van der Waals surface area contributed by atoms with Crippen molar-refractivity contribution in [2.45, 2.75) is 89.0 Å². The van der Waals surface area contributed by atoms with E-state index in [0.29, 0.717) is 24.1 Å². The fourth-order valence-corrected chi connectivity index (χ4v) is 6.93. The van der Waals surface area contributed by atoms with E-state index in [4.69, 9.17) is 4.74 Å². The Morgan fingerprint density at radius 1 is 0.886 bits per heavy atom. The topological polar surface area (TPSA) is 32.8 Å². The molecule has 2 aromatic carbocycles. The average Bonchev–Trinajstić information content (AvgIpc) is 3.30. The quantitative estimate of drug-likeness (QED) is 0.314. The van der Waals surface area contributed by atoms with Crippen LogP contribution in [0.25, 0.3) is 0 Å². The summed E-state index contributed by atoms with van der Waals surface area (Å²) in [5.74, 6) is -0.894. The third-order valence-electron chi connectivity index (χ3n) is 9.31. The van der Waals surface area contributed by atoms with Crippen molar-refractivity contribution >= 4 is 5.91 Å². The van der Waals surface area contributed by atoms with Gasteiger partial charge in [0.25, 0.3) is 0 Å². The number of alkyl halides is 6. The molecule has 2 unspecified atom stereocenters. The van der Waals surface area contributed by atoms with Gasteiger partial charge in [0.05, 0.1) is 23.3 Å². The van der Waals surface area contributed by atoms with Crippen molar-refractivity contribution in [3.63, 3.8) is 0 Å². The molecule has 0 aliphatic carbocycles. The molecule has 0 radical (unpaired) electrons. The highest BCUT2D eigenvalue weighted by molar-refractivity contribution is 5.90. The van der Waals surface area contributed by atoms with E-state index in [0.717, 1.165) is 31.5 Å². The second kappa shape index (κ2) is 11.8. The number of hydrogen-bond acceptors (Lipinski definition) is 3. The number of fused-ring (bicyclic) bond motifs is 1. The first kappa shape index (κ1) is 32.5. The summed E-state index contributed by atoms with van der Waals surface area (Å²) < 4.78 is 101. The molecule has 3 heterocycles. The fourth-order valence-electron chi connectivity index (χ4n) is 6.93. The lowest BCUT2D eigenvalue weighted by atomic mass is 9.79. The Morgan fingerprint density at radius 2 is 1.45 bits per heavy atom. The van der Waals surface area contributed by atoms with Gasteiger partial charge < -0.3 is 9.64 Å². The van der Waals surface area contributed by atoms with Crippen LogP contribution in [0.2, 0.25) is 0 Å². The summed E-state index contributed by atoms with van der Waals surface area (Å²) in [6.07, 6.45) is -7.83. The van der Waals surface area contributed by atoms with Crippen LogP contribution in [-0.4, -0.2) is 53.0 Å². The molecule has 44 heavy (non-hydrogen) atoms. The monoisotopic (exact) mass is 626 g/mol. The zero-order valence-corrected chi connectivity index (χ0v) is 25.1. The van der Waals surface area contributed by atoms with Gasteiger partial charge in [0, 0.05) is 30.1 Å². The van der Waals surface area contributed by atoms with Gasteiger partial charge in [0.1, 0.15) is 5.82 Å². The number of carbonyl (C=O) groups excluding carboxylic acids is 1. The van der Waals surface area contributed by atoms with Crippen LogP contribution < -0.4 is 0 Å². The molecule has 1 amide bonds. The number of piperidine rings is 1. The molecule has 0 bridgehead atoms. The highest BCUT2D eigenvalue weighted by Gasteiger charge is 2.48. The zero-order valence-electron chi connectivity index (χ0n) is 25.1. The van der Waals surface area contributed by atoms with E-state index < -0.39 is 47.4 Å². The molecule has 4 nitrogen and oxygen atoms in total. The minimum absolute atomic E-state index is 0.0411. The number of halogens is 7. The van der Waals surface area contributed by atoms with Crippen LogP contribution in [-0.2, 0) is 21.9 Å². The number of likely N-dealkylation sites (tertiary alicyclic amines) is 1. The lowest BCUT2D eigenvalue weighted by Gasteiger charge is -2.43. The van der Waals surface area contributed by atoms with Crippen LogP contribution in [0.1, 0.15) is 81.2 Å². The predicted molar refractivity (Wildman–Crippen MR) is 151 cm³/mol. The predicted octanol–water partition coefficient (Wildman–Crippen LogP) is 8.14. The Morgan fingerprint density at radius 3 is 1.98 bits per heavy atom. The molecule has 5 rings (SSSR count). The van der Waals surface area contributed by atoms with Crippen molar-refractivity contribution in [2.75, 3.05) is 19.6 Å². The number of nitrogens with zero attached hydrogens (tertiary/aromatic N) is 2. The van der Waals surface area contributed by atoms with Crippen LogP contribution in [0.3, 0.4) is 0 Å². The molecule has 0 spiro atoms. The lowest BCUT2D eigenvalue weighted by Crippen LogP contribution is -2.47. The Bertz CT molecular complexity index is 1350. The van der Waals surface area contributed by atoms with E-state index in [1.165, 1.54) is 19.1 Å². The van der Waals surface area contributed by atoms with Crippen LogP contribution in [0.5, 0.6) is 0 Å². The summed E-state index contributed by atoms with van der Waals surface area (Å²) in [6.45, 7) is 9.82. The van der Waals surface area contributed by atoms with Crippen LogP contribution in [0.4, 0.5) is 30.7 Å². The number of benzene rings is 2. The van der Waals surface area contributed by atoms with Crippen molar-refractivity contribution in [1.82, 2.24) is 9.80 Å². The standard InChI is InChI=1S/C33H37F7N2O2/c1-19(22-13-24(32(35,36)37)17-25(14-22)33(38,39)40)44-28-18-42-27(30(28)21-5-7-26(34)8-6-21)15-23(16-29(42)43)20-9-11-41(12-10-20)31(2,3)4/h5-8,13-14,16-17,19-20,27-28,30H,9-12,15,18H2,1-4H3/t19?,27-,28-,30?/m0/s1. The maximum absolute atomic E-state index is 13.9. The maximum atomic E-state index is 13.9. The van der Waals surface area contributed by atoms with Crippen molar-refractivity contribution < 1.29 is 40.3 Å². The summed E-state index contributed by atoms with van der Waals surface area (Å²) >= 11 is 0. The largest absolute Gasteiger partial charge is 0.416 e. The molecule has 240 valence electrons. The first-order chi connectivity index (χ1) is 20.4. The van der Waals surface area contributed by atoms with Crippen LogP contribution in [0.15, 0.2) is 54.1 Å². The molecule has 11 heteroatoms. The lowest BCUT2D eigenvalue weighted by molar-refractivity contribution is -0.143. The molecule has 0 aromatic heterocycles. The fraction of sp³-hybridized carbons (Fsp3) is 0.545. The molecule has 2 saturated heterocycles. The highest BCUT2D eigenvalue weighted by Crippen LogP contribution is 2.45. The molecule has 3 aliphatic rings. The Kier molecular flexibility index (Phi) is 8.70. The minimum atomic E-state index is -4.99. The summed E-state index contributed by atoms with van der Waals surface area (Å²) in [5, 5.41) is 0.